The molecule has 1 unspecified atom stereocenters. The SMILES string of the molecule is CCC(C)CN(CC(=O)N(Cc1ccc2c(c1)OCO2)Cc1sccc1C)S(=O)(=O)c1ccc(C)cc1. The summed E-state index contributed by atoms with van der Waals surface area (Å²) in [5, 5.41) is 2.00. The molecule has 1 atom stereocenters. The monoisotopic (exact) mass is 542 g/mol. The molecule has 1 aliphatic heterocycles. The highest BCUT2D eigenvalue weighted by molar-refractivity contribution is 7.89. The largest absolute Gasteiger partial charge is 0.454 e. The Kier molecular flexibility index (Phi) is 8.56. The van der Waals surface area contributed by atoms with E-state index in [4.69, 9.17) is 9.47 Å². The molecule has 4 rings (SSSR count). The molecule has 9 heteroatoms. The highest BCUT2D eigenvalue weighted by Crippen LogP contribution is 2.33. The summed E-state index contributed by atoms with van der Waals surface area (Å²) in [6, 6.07) is 14.4. The third-order valence-corrected chi connectivity index (χ3v) is 9.48. The van der Waals surface area contributed by atoms with Gasteiger partial charge in [-0.1, -0.05) is 44.0 Å². The van der Waals surface area contributed by atoms with Gasteiger partial charge in [0.1, 0.15) is 0 Å². The summed E-state index contributed by atoms with van der Waals surface area (Å²) < 4.78 is 39.5. The molecule has 0 fully saturated rings. The lowest BCUT2D eigenvalue weighted by Gasteiger charge is -2.29. The van der Waals surface area contributed by atoms with Crippen LogP contribution >= 0.6 is 11.3 Å². The van der Waals surface area contributed by atoms with Crippen LogP contribution in [0, 0.1) is 19.8 Å². The van der Waals surface area contributed by atoms with Crippen molar-refractivity contribution in [2.45, 2.75) is 52.1 Å². The fourth-order valence-corrected chi connectivity index (χ4v) is 6.50. The second-order valence-electron chi connectivity index (χ2n) is 9.59. The fraction of sp³-hybridized carbons (Fsp3) is 0.393. The Bertz CT molecular complexity index is 1330. The first-order valence-corrected chi connectivity index (χ1v) is 14.8. The molecule has 0 spiro atoms. The van der Waals surface area contributed by atoms with E-state index in [1.807, 2.05) is 57.3 Å². The summed E-state index contributed by atoms with van der Waals surface area (Å²) in [6.45, 7) is 8.91. The smallest absolute Gasteiger partial charge is 0.243 e. The van der Waals surface area contributed by atoms with Crippen molar-refractivity contribution in [3.63, 3.8) is 0 Å². The van der Waals surface area contributed by atoms with Crippen molar-refractivity contribution in [2.24, 2.45) is 5.92 Å². The van der Waals surface area contributed by atoms with Crippen LogP contribution in [0.25, 0.3) is 0 Å². The van der Waals surface area contributed by atoms with Gasteiger partial charge in [-0.05, 0) is 66.6 Å². The third kappa shape index (κ3) is 6.52. The molecule has 7 nitrogen and oxygen atoms in total. The Balaban J connectivity index is 1.62. The molecule has 0 saturated heterocycles. The average Bonchev–Trinajstić information content (AvgIpc) is 3.51. The van der Waals surface area contributed by atoms with E-state index in [0.29, 0.717) is 24.6 Å². The summed E-state index contributed by atoms with van der Waals surface area (Å²) in [6.07, 6.45) is 0.809. The Hall–Kier alpha value is -2.88. The van der Waals surface area contributed by atoms with Gasteiger partial charge in [0.05, 0.1) is 18.0 Å². The summed E-state index contributed by atoms with van der Waals surface area (Å²) >= 11 is 1.59. The second kappa shape index (κ2) is 11.7. The Morgan fingerprint density at radius 3 is 2.43 bits per heavy atom. The first kappa shape index (κ1) is 27.2. The van der Waals surface area contributed by atoms with Crippen LogP contribution in [0.1, 0.15) is 41.8 Å². The predicted octanol–water partition coefficient (Wildman–Crippen LogP) is 5.36. The number of thiophene rings is 1. The minimum atomic E-state index is -3.85. The first-order valence-electron chi connectivity index (χ1n) is 12.4. The van der Waals surface area contributed by atoms with Crippen LogP contribution in [0.15, 0.2) is 58.8 Å². The molecular weight excluding hydrogens is 508 g/mol. The highest BCUT2D eigenvalue weighted by atomic mass is 32.2. The van der Waals surface area contributed by atoms with E-state index < -0.39 is 10.0 Å². The molecule has 0 bridgehead atoms. The van der Waals surface area contributed by atoms with E-state index in [2.05, 4.69) is 0 Å². The van der Waals surface area contributed by atoms with Gasteiger partial charge in [-0.3, -0.25) is 4.79 Å². The Labute approximate surface area is 223 Å². The van der Waals surface area contributed by atoms with Crippen LogP contribution in [0.4, 0.5) is 0 Å². The lowest BCUT2D eigenvalue weighted by atomic mass is 10.1. The molecule has 3 aromatic rings. The summed E-state index contributed by atoms with van der Waals surface area (Å²) in [7, 11) is -3.85. The number of carbonyl (C=O) groups is 1. The van der Waals surface area contributed by atoms with Gasteiger partial charge < -0.3 is 14.4 Å². The van der Waals surface area contributed by atoms with Crippen molar-refractivity contribution in [1.29, 1.82) is 0 Å². The lowest BCUT2D eigenvalue weighted by Crippen LogP contribution is -2.44. The molecule has 1 aromatic heterocycles. The maximum atomic E-state index is 13.8. The number of rotatable bonds is 11. The fourth-order valence-electron chi connectivity index (χ4n) is 4.07. The van der Waals surface area contributed by atoms with Crippen molar-refractivity contribution in [1.82, 2.24) is 9.21 Å². The Morgan fingerprint density at radius 1 is 1.03 bits per heavy atom. The van der Waals surface area contributed by atoms with Crippen LogP contribution in [0.3, 0.4) is 0 Å². The van der Waals surface area contributed by atoms with Crippen molar-refractivity contribution in [2.75, 3.05) is 19.9 Å². The van der Waals surface area contributed by atoms with E-state index >= 15 is 0 Å². The predicted molar refractivity (Wildman–Crippen MR) is 145 cm³/mol. The number of fused-ring (bicyclic) bond motifs is 1. The van der Waals surface area contributed by atoms with E-state index in [1.54, 1.807) is 40.5 Å². The molecule has 0 radical (unpaired) electrons. The number of hydrogen-bond acceptors (Lipinski definition) is 6. The molecule has 0 aliphatic carbocycles. The van der Waals surface area contributed by atoms with Gasteiger partial charge in [-0.15, -0.1) is 11.3 Å². The number of amides is 1. The minimum Gasteiger partial charge on any atom is -0.454 e. The van der Waals surface area contributed by atoms with Gasteiger partial charge in [0, 0.05) is 18.0 Å². The van der Waals surface area contributed by atoms with Crippen molar-refractivity contribution in [3.8, 4) is 11.5 Å². The number of aryl methyl sites for hydroxylation is 2. The van der Waals surface area contributed by atoms with Crippen molar-refractivity contribution >= 4 is 27.3 Å². The normalized spacial score (nSPS) is 13.6. The molecule has 198 valence electrons. The molecule has 37 heavy (non-hydrogen) atoms. The Morgan fingerprint density at radius 2 is 1.76 bits per heavy atom. The van der Waals surface area contributed by atoms with Crippen LogP contribution in [-0.4, -0.2) is 43.4 Å². The standard InChI is InChI=1S/C28H34N2O5S2/c1-5-20(2)15-30(37(32,33)24-9-6-21(3)7-10-24)18-28(31)29(17-27-22(4)12-13-36-27)16-23-8-11-25-26(14-23)35-19-34-25/h6-14,20H,5,15-19H2,1-4H3. The summed E-state index contributed by atoms with van der Waals surface area (Å²) in [5.41, 5.74) is 2.98. The molecule has 0 N–H and O–H groups in total. The number of carbonyl (C=O) groups excluding carboxylic acids is 1. The van der Waals surface area contributed by atoms with Crippen LogP contribution < -0.4 is 9.47 Å². The van der Waals surface area contributed by atoms with Gasteiger partial charge in [-0.25, -0.2) is 8.42 Å². The quantitative estimate of drug-likeness (QED) is 0.326. The van der Waals surface area contributed by atoms with Gasteiger partial charge in [0.2, 0.25) is 22.7 Å². The molecule has 1 aliphatic rings. The number of nitrogens with zero attached hydrogens (tertiary/aromatic N) is 2. The minimum absolute atomic E-state index is 0.106. The third-order valence-electron chi connectivity index (χ3n) is 6.65. The van der Waals surface area contributed by atoms with Crippen molar-refractivity contribution < 1.29 is 22.7 Å². The van der Waals surface area contributed by atoms with E-state index in [-0.39, 0.29) is 36.6 Å². The van der Waals surface area contributed by atoms with Crippen LogP contribution in [0.2, 0.25) is 0 Å². The highest BCUT2D eigenvalue weighted by Gasteiger charge is 2.30. The zero-order chi connectivity index (χ0) is 26.6. The zero-order valence-electron chi connectivity index (χ0n) is 21.8. The number of hydrogen-bond donors (Lipinski definition) is 0. The van der Waals surface area contributed by atoms with Gasteiger partial charge in [-0.2, -0.15) is 4.31 Å². The van der Waals surface area contributed by atoms with Gasteiger partial charge in [0.25, 0.3) is 0 Å². The maximum Gasteiger partial charge on any atom is 0.243 e. The van der Waals surface area contributed by atoms with E-state index in [1.165, 1.54) is 4.31 Å². The lowest BCUT2D eigenvalue weighted by molar-refractivity contribution is -0.132. The molecule has 0 saturated carbocycles. The molecule has 2 heterocycles. The molecular formula is C28H34N2O5S2. The van der Waals surface area contributed by atoms with E-state index in [9.17, 15) is 13.2 Å². The summed E-state index contributed by atoms with van der Waals surface area (Å²) in [4.78, 5) is 16.8. The van der Waals surface area contributed by atoms with Crippen LogP contribution in [0.5, 0.6) is 11.5 Å². The maximum absolute atomic E-state index is 13.8. The topological polar surface area (TPSA) is 76.2 Å². The molecule has 1 amide bonds. The second-order valence-corrected chi connectivity index (χ2v) is 12.5. The summed E-state index contributed by atoms with van der Waals surface area (Å²) in [5.74, 6) is 1.19. The van der Waals surface area contributed by atoms with Crippen LogP contribution in [-0.2, 0) is 27.9 Å². The first-order chi connectivity index (χ1) is 17.7. The van der Waals surface area contributed by atoms with E-state index in [0.717, 1.165) is 28.0 Å². The zero-order valence-corrected chi connectivity index (χ0v) is 23.4. The van der Waals surface area contributed by atoms with Gasteiger partial charge in [0.15, 0.2) is 11.5 Å². The number of ether oxygens (including phenoxy) is 2. The van der Waals surface area contributed by atoms with Gasteiger partial charge >= 0.3 is 0 Å². The number of benzene rings is 2. The molecule has 2 aromatic carbocycles. The number of sulfonamides is 1. The van der Waals surface area contributed by atoms with Crippen molar-refractivity contribution in [3.05, 3.63) is 75.5 Å². The average molecular weight is 543 g/mol.